The molecule has 0 saturated heterocycles. The zero-order chi connectivity index (χ0) is 11.2. The number of hydrogen-bond donors (Lipinski definition) is 1. The second-order valence-corrected chi connectivity index (χ2v) is 4.81. The molecule has 88 valence electrons. The van der Waals surface area contributed by atoms with Crippen molar-refractivity contribution in [1.29, 1.82) is 0 Å². The van der Waals surface area contributed by atoms with Gasteiger partial charge in [-0.15, -0.1) is 0 Å². The Morgan fingerprint density at radius 2 is 2.00 bits per heavy atom. The summed E-state index contributed by atoms with van der Waals surface area (Å²) in [5.74, 6) is 0. The molecule has 0 spiro atoms. The predicted molar refractivity (Wildman–Crippen MR) is 69.9 cm³/mol. The Labute approximate surface area is 99.3 Å². The molecule has 0 saturated carbocycles. The fraction of sp³-hybridized carbons (Fsp3) is 0.600. The molecule has 1 aromatic carbocycles. The summed E-state index contributed by atoms with van der Waals surface area (Å²) >= 11 is 0. The summed E-state index contributed by atoms with van der Waals surface area (Å²) in [6, 6.07) is 7.10. The van der Waals surface area contributed by atoms with Gasteiger partial charge in [0.1, 0.15) is 0 Å². The standard InChI is InChI=1S/C15H23N/c1-2-10-16-11-4-5-13-8-9-14-6-3-7-15(14)12-13/h8-9,12,16H,2-7,10-11H2,1H3. The average Bonchev–Trinajstić information content (AvgIpc) is 2.76. The van der Waals surface area contributed by atoms with Crippen molar-refractivity contribution in [3.63, 3.8) is 0 Å². The van der Waals surface area contributed by atoms with Crippen molar-refractivity contribution in [2.24, 2.45) is 0 Å². The van der Waals surface area contributed by atoms with Crippen LogP contribution in [0.2, 0.25) is 0 Å². The summed E-state index contributed by atoms with van der Waals surface area (Å²) in [4.78, 5) is 0. The van der Waals surface area contributed by atoms with E-state index >= 15 is 0 Å². The number of benzene rings is 1. The highest BCUT2D eigenvalue weighted by molar-refractivity contribution is 5.35. The molecule has 0 fully saturated rings. The summed E-state index contributed by atoms with van der Waals surface area (Å²) in [5, 5.41) is 3.46. The van der Waals surface area contributed by atoms with Gasteiger partial charge in [0, 0.05) is 0 Å². The van der Waals surface area contributed by atoms with E-state index in [4.69, 9.17) is 0 Å². The van der Waals surface area contributed by atoms with Crippen molar-refractivity contribution in [2.75, 3.05) is 13.1 Å². The van der Waals surface area contributed by atoms with Gasteiger partial charge in [0.2, 0.25) is 0 Å². The third kappa shape index (κ3) is 3.08. The van der Waals surface area contributed by atoms with Crippen LogP contribution in [0.3, 0.4) is 0 Å². The Morgan fingerprint density at radius 3 is 2.88 bits per heavy atom. The van der Waals surface area contributed by atoms with E-state index in [1.54, 1.807) is 11.1 Å². The van der Waals surface area contributed by atoms with Crippen molar-refractivity contribution >= 4 is 0 Å². The third-order valence-corrected chi connectivity index (χ3v) is 3.41. The first kappa shape index (κ1) is 11.7. The van der Waals surface area contributed by atoms with Crippen LogP contribution in [0.4, 0.5) is 0 Å². The van der Waals surface area contributed by atoms with Crippen molar-refractivity contribution in [3.8, 4) is 0 Å². The Balaban J connectivity index is 1.77. The number of nitrogens with one attached hydrogen (secondary N) is 1. The van der Waals surface area contributed by atoms with Crippen molar-refractivity contribution in [2.45, 2.75) is 45.4 Å². The SMILES string of the molecule is CCCNCCCc1ccc2c(c1)CCC2. The van der Waals surface area contributed by atoms with Gasteiger partial charge in [-0.25, -0.2) is 0 Å². The summed E-state index contributed by atoms with van der Waals surface area (Å²) in [7, 11) is 0. The van der Waals surface area contributed by atoms with Gasteiger partial charge in [0.05, 0.1) is 0 Å². The van der Waals surface area contributed by atoms with E-state index in [-0.39, 0.29) is 0 Å². The summed E-state index contributed by atoms with van der Waals surface area (Å²) in [6.07, 6.45) is 7.68. The van der Waals surface area contributed by atoms with E-state index in [2.05, 4.69) is 30.4 Å². The maximum Gasteiger partial charge on any atom is -0.00458 e. The number of fused-ring (bicyclic) bond motifs is 1. The highest BCUT2D eigenvalue weighted by atomic mass is 14.8. The van der Waals surface area contributed by atoms with Crippen LogP contribution in [0.5, 0.6) is 0 Å². The van der Waals surface area contributed by atoms with Crippen LogP contribution in [0, 0.1) is 0 Å². The molecule has 0 radical (unpaired) electrons. The van der Waals surface area contributed by atoms with Crippen LogP contribution >= 0.6 is 0 Å². The second kappa shape index (κ2) is 6.05. The van der Waals surface area contributed by atoms with Gasteiger partial charge < -0.3 is 5.32 Å². The molecule has 1 nitrogen and oxygen atoms in total. The molecule has 0 heterocycles. The average molecular weight is 217 g/mol. The molecule has 1 aliphatic carbocycles. The van der Waals surface area contributed by atoms with Crippen LogP contribution in [0.25, 0.3) is 0 Å². The maximum atomic E-state index is 3.46. The molecule has 0 atom stereocenters. The smallest absolute Gasteiger partial charge is 0.00458 e. The lowest BCUT2D eigenvalue weighted by molar-refractivity contribution is 0.640. The molecule has 0 unspecified atom stereocenters. The van der Waals surface area contributed by atoms with E-state index < -0.39 is 0 Å². The predicted octanol–water partition coefficient (Wildman–Crippen LogP) is 3.11. The Hall–Kier alpha value is -0.820. The summed E-state index contributed by atoms with van der Waals surface area (Å²) in [5.41, 5.74) is 4.73. The molecule has 2 rings (SSSR count). The molecule has 16 heavy (non-hydrogen) atoms. The zero-order valence-electron chi connectivity index (χ0n) is 10.4. The van der Waals surface area contributed by atoms with Gasteiger partial charge >= 0.3 is 0 Å². The van der Waals surface area contributed by atoms with E-state index in [1.807, 2.05) is 0 Å². The Morgan fingerprint density at radius 1 is 1.12 bits per heavy atom. The Kier molecular flexibility index (Phi) is 4.41. The van der Waals surface area contributed by atoms with E-state index in [9.17, 15) is 0 Å². The zero-order valence-corrected chi connectivity index (χ0v) is 10.4. The van der Waals surface area contributed by atoms with Gasteiger partial charge in [-0.3, -0.25) is 0 Å². The molecule has 1 aromatic rings. The summed E-state index contributed by atoms with van der Waals surface area (Å²) in [6.45, 7) is 4.53. The van der Waals surface area contributed by atoms with Crippen molar-refractivity contribution < 1.29 is 0 Å². The fourth-order valence-corrected chi connectivity index (χ4v) is 2.50. The molecule has 0 aromatic heterocycles. The van der Waals surface area contributed by atoms with Gasteiger partial charge in [-0.2, -0.15) is 0 Å². The topological polar surface area (TPSA) is 12.0 Å². The van der Waals surface area contributed by atoms with Crippen molar-refractivity contribution in [1.82, 2.24) is 5.32 Å². The lowest BCUT2D eigenvalue weighted by Gasteiger charge is -2.06. The minimum absolute atomic E-state index is 1.16. The van der Waals surface area contributed by atoms with Gasteiger partial charge in [0.15, 0.2) is 0 Å². The number of aryl methyl sites for hydroxylation is 3. The number of rotatable bonds is 6. The first-order valence-corrected chi connectivity index (χ1v) is 6.71. The first-order valence-electron chi connectivity index (χ1n) is 6.71. The third-order valence-electron chi connectivity index (χ3n) is 3.41. The molecule has 0 aliphatic heterocycles. The van der Waals surface area contributed by atoms with Gasteiger partial charge in [-0.05, 0) is 68.3 Å². The number of hydrogen-bond acceptors (Lipinski definition) is 1. The van der Waals surface area contributed by atoms with Crippen LogP contribution < -0.4 is 5.32 Å². The highest BCUT2D eigenvalue weighted by Gasteiger charge is 2.10. The molecular weight excluding hydrogens is 194 g/mol. The maximum absolute atomic E-state index is 3.46. The second-order valence-electron chi connectivity index (χ2n) is 4.81. The van der Waals surface area contributed by atoms with Crippen LogP contribution in [-0.4, -0.2) is 13.1 Å². The minimum atomic E-state index is 1.16. The fourth-order valence-electron chi connectivity index (χ4n) is 2.50. The lowest BCUT2D eigenvalue weighted by Crippen LogP contribution is -2.16. The summed E-state index contributed by atoms with van der Waals surface area (Å²) < 4.78 is 0. The van der Waals surface area contributed by atoms with Crippen molar-refractivity contribution in [3.05, 3.63) is 34.9 Å². The van der Waals surface area contributed by atoms with Gasteiger partial charge in [0.25, 0.3) is 0 Å². The lowest BCUT2D eigenvalue weighted by atomic mass is 10.0. The molecule has 0 bridgehead atoms. The van der Waals surface area contributed by atoms with E-state index in [0.29, 0.717) is 0 Å². The Bertz CT molecular complexity index is 330. The van der Waals surface area contributed by atoms with Crippen LogP contribution in [0.15, 0.2) is 18.2 Å². The molecule has 0 amide bonds. The normalized spacial score (nSPS) is 14.1. The monoisotopic (exact) mass is 217 g/mol. The molecule has 1 N–H and O–H groups in total. The van der Waals surface area contributed by atoms with Crippen LogP contribution in [0.1, 0.15) is 42.9 Å². The first-order chi connectivity index (χ1) is 7.90. The highest BCUT2D eigenvalue weighted by Crippen LogP contribution is 2.23. The molecular formula is C15H23N. The molecule has 1 aliphatic rings. The molecule has 1 heteroatoms. The minimum Gasteiger partial charge on any atom is -0.317 e. The quantitative estimate of drug-likeness (QED) is 0.722. The van der Waals surface area contributed by atoms with E-state index in [1.165, 1.54) is 44.1 Å². The largest absolute Gasteiger partial charge is 0.317 e. The van der Waals surface area contributed by atoms with E-state index in [0.717, 1.165) is 13.1 Å². The van der Waals surface area contributed by atoms with Crippen LogP contribution in [-0.2, 0) is 19.3 Å². The van der Waals surface area contributed by atoms with Gasteiger partial charge in [-0.1, -0.05) is 25.1 Å².